The van der Waals surface area contributed by atoms with Crippen molar-refractivity contribution >= 4 is 0 Å². The van der Waals surface area contributed by atoms with Gasteiger partial charge in [0.2, 0.25) is 5.88 Å². The Morgan fingerprint density at radius 2 is 1.33 bits per heavy atom. The number of halogens is 4. The molecule has 0 unspecified atom stereocenters. The van der Waals surface area contributed by atoms with Gasteiger partial charge >= 0.3 is 0 Å². The minimum atomic E-state index is -0.760. The Morgan fingerprint density at radius 1 is 0.764 bits per heavy atom. The van der Waals surface area contributed by atoms with Gasteiger partial charge < -0.3 is 4.74 Å². The average Bonchev–Trinajstić information content (AvgIpc) is 3.82. The summed E-state index contributed by atoms with van der Waals surface area (Å²) in [5.74, 6) is -2.02. The summed E-state index contributed by atoms with van der Waals surface area (Å²) < 4.78 is 65.1. The van der Waals surface area contributed by atoms with Gasteiger partial charge in [-0.3, -0.25) is 19.4 Å². The number of fused-ring (bicyclic) bond motifs is 10. The van der Waals surface area contributed by atoms with E-state index in [9.17, 15) is 27.2 Å². The Balaban J connectivity index is 0.000000190. The molecule has 8 nitrogen and oxygen atoms in total. The molecule has 2 saturated carbocycles. The van der Waals surface area contributed by atoms with E-state index in [1.807, 2.05) is 10.7 Å². The highest BCUT2D eigenvalue weighted by Crippen LogP contribution is 2.68. The van der Waals surface area contributed by atoms with Crippen LogP contribution >= 0.6 is 0 Å². The van der Waals surface area contributed by atoms with Gasteiger partial charge in [0, 0.05) is 52.0 Å². The molecule has 0 aliphatic heterocycles. The van der Waals surface area contributed by atoms with Crippen molar-refractivity contribution in [1.82, 2.24) is 24.1 Å². The monoisotopic (exact) mass is 761 g/mol. The lowest BCUT2D eigenvalue weighted by Gasteiger charge is -2.36. The number of hydrogen-bond donors (Lipinski definition) is 1. The standard InChI is InChI=1S/C24H25F2N3O2.C17H18F2N2O.2CH4/c1-23(2)16-9-10-24(23,3)21-20(16)22(30)29(18-7-6-15(25)11-17(18)26)28(21)13-14-5-8-19(31-4)27-12-14;1-16(2)10-6-7-17(16,3)14-13(10)15(22)21(20-14)12-5-4-9(18)8-11(12)19;;/h5-8,11-12,16H,9-10,13H2,1-4H3;4-5,8,10,20H,6-7H2,1-3H3;2*1H4/t16-,24+;10-,17+;;/m00../s1. The molecule has 4 atom stereocenters. The predicted octanol–water partition coefficient (Wildman–Crippen LogP) is 9.43. The van der Waals surface area contributed by atoms with Gasteiger partial charge in [-0.15, -0.1) is 0 Å². The van der Waals surface area contributed by atoms with E-state index in [0.717, 1.165) is 72.0 Å². The normalized spacial score (nSPS) is 24.3. The molecule has 0 saturated heterocycles. The number of methoxy groups -OCH3 is 1. The quantitative estimate of drug-likeness (QED) is 0.181. The van der Waals surface area contributed by atoms with Crippen molar-refractivity contribution in [2.75, 3.05) is 7.11 Å². The maximum Gasteiger partial charge on any atom is 0.275 e. The molecule has 55 heavy (non-hydrogen) atoms. The van der Waals surface area contributed by atoms with Crippen LogP contribution in [0.5, 0.6) is 5.88 Å². The summed E-state index contributed by atoms with van der Waals surface area (Å²) in [6, 6.07) is 10.2. The third-order valence-corrected chi connectivity index (χ3v) is 14.0. The third kappa shape index (κ3) is 5.33. The van der Waals surface area contributed by atoms with E-state index >= 15 is 0 Å². The Morgan fingerprint density at radius 3 is 1.87 bits per heavy atom. The first-order chi connectivity index (χ1) is 25.0. The van der Waals surface area contributed by atoms with Crippen molar-refractivity contribution in [3.05, 3.63) is 127 Å². The number of nitrogens with one attached hydrogen (secondary N) is 1. The maximum absolute atomic E-state index is 14.8. The third-order valence-electron chi connectivity index (χ3n) is 14.0. The van der Waals surface area contributed by atoms with Gasteiger partial charge in [0.05, 0.1) is 19.3 Å². The lowest BCUT2D eigenvalue weighted by molar-refractivity contribution is 0.216. The lowest BCUT2D eigenvalue weighted by Crippen LogP contribution is -2.36. The second kappa shape index (κ2) is 13.1. The molecule has 0 amide bonds. The highest BCUT2D eigenvalue weighted by Gasteiger charge is 2.63. The van der Waals surface area contributed by atoms with Crippen LogP contribution in [-0.4, -0.2) is 31.2 Å². The molecule has 294 valence electrons. The average molecular weight is 762 g/mol. The molecule has 2 fully saturated rings. The molecule has 5 aromatic rings. The van der Waals surface area contributed by atoms with E-state index in [4.69, 9.17) is 4.74 Å². The van der Waals surface area contributed by atoms with Gasteiger partial charge in [0.25, 0.3) is 11.1 Å². The van der Waals surface area contributed by atoms with Gasteiger partial charge in [0.1, 0.15) is 23.0 Å². The zero-order chi connectivity index (χ0) is 38.0. The second-order valence-electron chi connectivity index (χ2n) is 16.7. The van der Waals surface area contributed by atoms with Crippen LogP contribution in [0.4, 0.5) is 17.6 Å². The van der Waals surface area contributed by atoms with Crippen LogP contribution in [0.25, 0.3) is 11.4 Å². The highest BCUT2D eigenvalue weighted by atomic mass is 19.1. The molecular formula is C43H51F4N5O3. The second-order valence-corrected chi connectivity index (χ2v) is 16.7. The molecule has 4 bridgehead atoms. The zero-order valence-corrected chi connectivity index (χ0v) is 30.9. The van der Waals surface area contributed by atoms with Crippen molar-refractivity contribution in [3.8, 4) is 17.3 Å². The Bertz CT molecular complexity index is 2420. The van der Waals surface area contributed by atoms with Gasteiger partial charge in [-0.2, -0.15) is 0 Å². The summed E-state index contributed by atoms with van der Waals surface area (Å²) in [4.78, 5) is 30.7. The summed E-state index contributed by atoms with van der Waals surface area (Å²) in [5, 5.41) is 3.11. The van der Waals surface area contributed by atoms with Crippen molar-refractivity contribution in [2.45, 2.75) is 111 Å². The Labute approximate surface area is 319 Å². The van der Waals surface area contributed by atoms with Crippen molar-refractivity contribution in [2.24, 2.45) is 10.8 Å². The summed E-state index contributed by atoms with van der Waals surface area (Å²) in [7, 11) is 1.55. The first-order valence-corrected chi connectivity index (χ1v) is 18.1. The molecule has 0 radical (unpaired) electrons. The van der Waals surface area contributed by atoms with E-state index in [-0.39, 0.29) is 70.8 Å². The van der Waals surface area contributed by atoms with Crippen LogP contribution in [0.2, 0.25) is 0 Å². The molecular weight excluding hydrogens is 710 g/mol. The maximum atomic E-state index is 14.8. The topological polar surface area (TPSA) is 86.8 Å². The first-order valence-electron chi connectivity index (χ1n) is 18.1. The summed E-state index contributed by atoms with van der Waals surface area (Å²) in [6.07, 6.45) is 5.60. The van der Waals surface area contributed by atoms with Crippen LogP contribution < -0.4 is 15.9 Å². The first kappa shape index (κ1) is 39.8. The van der Waals surface area contributed by atoms with E-state index in [1.165, 1.54) is 27.6 Å². The SMILES string of the molecule is C.C.CC1(C)[C@H]2CC[C@]1(C)c1[nH]n(-c3ccc(F)cc3F)c(=O)c12.COc1ccc(Cn2c3c(c(=O)n2-c2ccc(F)cc2F)[C@@H]2CC[C@@]3(C)C2(C)C)cn1. The van der Waals surface area contributed by atoms with Crippen molar-refractivity contribution < 1.29 is 22.3 Å². The van der Waals surface area contributed by atoms with Crippen LogP contribution in [0.1, 0.15) is 122 Å². The summed E-state index contributed by atoms with van der Waals surface area (Å²) >= 11 is 0. The van der Waals surface area contributed by atoms with E-state index in [0.29, 0.717) is 12.4 Å². The Hall–Kier alpha value is -4.87. The van der Waals surface area contributed by atoms with Gasteiger partial charge in [-0.05, 0) is 78.2 Å². The number of H-pyrrole nitrogens is 1. The molecule has 3 aromatic heterocycles. The predicted molar refractivity (Wildman–Crippen MR) is 206 cm³/mol. The van der Waals surface area contributed by atoms with E-state index in [2.05, 4.69) is 51.6 Å². The van der Waals surface area contributed by atoms with Gasteiger partial charge in [0.15, 0.2) is 11.6 Å². The van der Waals surface area contributed by atoms with E-state index in [1.54, 1.807) is 19.4 Å². The Kier molecular flexibility index (Phi) is 9.50. The summed E-state index contributed by atoms with van der Waals surface area (Å²) in [6.45, 7) is 13.5. The molecule has 2 aromatic carbocycles. The fraction of sp³-hybridized carbons (Fsp3) is 0.465. The molecule has 0 spiro atoms. The molecule has 12 heteroatoms. The van der Waals surface area contributed by atoms with Crippen LogP contribution in [0.3, 0.4) is 0 Å². The number of nitrogens with zero attached hydrogens (tertiary/aromatic N) is 4. The fourth-order valence-corrected chi connectivity index (χ4v) is 10.2. The van der Waals surface area contributed by atoms with Gasteiger partial charge in [-0.25, -0.2) is 31.9 Å². The van der Waals surface area contributed by atoms with Crippen molar-refractivity contribution in [3.63, 3.8) is 0 Å². The smallest absolute Gasteiger partial charge is 0.275 e. The number of aromatic nitrogens is 5. The molecule has 1 N–H and O–H groups in total. The van der Waals surface area contributed by atoms with Gasteiger partial charge in [-0.1, -0.05) is 62.5 Å². The molecule has 4 aliphatic rings. The number of benzene rings is 2. The largest absolute Gasteiger partial charge is 0.481 e. The number of aromatic amines is 1. The number of rotatable bonds is 5. The highest BCUT2D eigenvalue weighted by molar-refractivity contribution is 5.49. The van der Waals surface area contributed by atoms with Crippen molar-refractivity contribution in [1.29, 1.82) is 0 Å². The zero-order valence-electron chi connectivity index (χ0n) is 30.9. The molecule has 3 heterocycles. The number of hydrogen-bond acceptors (Lipinski definition) is 4. The summed E-state index contributed by atoms with van der Waals surface area (Å²) in [5.41, 5.74) is 3.62. The fourth-order valence-electron chi connectivity index (χ4n) is 10.2. The minimum Gasteiger partial charge on any atom is -0.481 e. The molecule has 9 rings (SSSR count). The number of pyridine rings is 1. The van der Waals surface area contributed by atoms with Crippen LogP contribution in [0.15, 0.2) is 64.3 Å². The van der Waals surface area contributed by atoms with Crippen LogP contribution in [-0.2, 0) is 17.4 Å². The van der Waals surface area contributed by atoms with E-state index < -0.39 is 23.3 Å². The van der Waals surface area contributed by atoms with Crippen LogP contribution in [0, 0.1) is 34.1 Å². The lowest BCUT2D eigenvalue weighted by atomic mass is 9.70. The number of ether oxygens (including phenoxy) is 1. The molecule has 4 aliphatic carbocycles. The minimum absolute atomic E-state index is 0.